The van der Waals surface area contributed by atoms with Crippen molar-refractivity contribution < 1.29 is 14.7 Å². The third-order valence-electron chi connectivity index (χ3n) is 4.07. The molecule has 2 unspecified atom stereocenters. The fourth-order valence-electron chi connectivity index (χ4n) is 2.62. The normalized spacial score (nSPS) is 17.0. The SMILES string of the molecule is CCC(C(=O)N(CC(C)C(=O)O)C1CC1)c1ccccc1. The Labute approximate surface area is 125 Å². The molecule has 2 rings (SSSR count). The predicted octanol–water partition coefficient (Wildman–Crippen LogP) is 2.89. The van der Waals surface area contributed by atoms with Gasteiger partial charge in [-0.3, -0.25) is 9.59 Å². The number of benzene rings is 1. The number of rotatable bonds is 7. The Morgan fingerprint density at radius 3 is 2.38 bits per heavy atom. The van der Waals surface area contributed by atoms with Crippen LogP contribution in [0.5, 0.6) is 0 Å². The molecular formula is C17H23NO3. The number of hydrogen-bond acceptors (Lipinski definition) is 2. The van der Waals surface area contributed by atoms with Crippen LogP contribution in [-0.2, 0) is 9.59 Å². The van der Waals surface area contributed by atoms with Crippen LogP contribution in [-0.4, -0.2) is 34.5 Å². The number of hydrogen-bond donors (Lipinski definition) is 1. The third-order valence-corrected chi connectivity index (χ3v) is 4.07. The van der Waals surface area contributed by atoms with Crippen LogP contribution in [0.2, 0.25) is 0 Å². The summed E-state index contributed by atoms with van der Waals surface area (Å²) in [6.07, 6.45) is 2.71. The van der Waals surface area contributed by atoms with E-state index in [0.717, 1.165) is 24.8 Å². The molecule has 0 bridgehead atoms. The fraction of sp³-hybridized carbons (Fsp3) is 0.529. The van der Waals surface area contributed by atoms with Crippen LogP contribution in [0.4, 0.5) is 0 Å². The molecule has 21 heavy (non-hydrogen) atoms. The monoisotopic (exact) mass is 289 g/mol. The van der Waals surface area contributed by atoms with Crippen molar-refractivity contribution in [3.63, 3.8) is 0 Å². The molecule has 0 radical (unpaired) electrons. The lowest BCUT2D eigenvalue weighted by Crippen LogP contribution is -2.41. The predicted molar refractivity (Wildman–Crippen MR) is 81.0 cm³/mol. The summed E-state index contributed by atoms with van der Waals surface area (Å²) in [7, 11) is 0. The van der Waals surface area contributed by atoms with E-state index >= 15 is 0 Å². The van der Waals surface area contributed by atoms with E-state index in [2.05, 4.69) is 0 Å². The van der Waals surface area contributed by atoms with Gasteiger partial charge in [-0.2, -0.15) is 0 Å². The van der Waals surface area contributed by atoms with E-state index < -0.39 is 11.9 Å². The van der Waals surface area contributed by atoms with Crippen LogP contribution in [0.15, 0.2) is 30.3 Å². The molecule has 0 heterocycles. The number of carboxylic acid groups (broad SMARTS) is 1. The summed E-state index contributed by atoms with van der Waals surface area (Å²) >= 11 is 0. The van der Waals surface area contributed by atoms with Gasteiger partial charge in [0.25, 0.3) is 0 Å². The molecule has 114 valence electrons. The number of amides is 1. The Balaban J connectivity index is 2.15. The number of carbonyl (C=O) groups excluding carboxylic acids is 1. The zero-order valence-electron chi connectivity index (χ0n) is 12.7. The van der Waals surface area contributed by atoms with Gasteiger partial charge in [-0.1, -0.05) is 44.2 Å². The molecule has 1 fully saturated rings. The third kappa shape index (κ3) is 3.84. The smallest absolute Gasteiger partial charge is 0.308 e. The molecule has 0 aliphatic heterocycles. The molecule has 1 aliphatic rings. The fourth-order valence-corrected chi connectivity index (χ4v) is 2.62. The highest BCUT2D eigenvalue weighted by molar-refractivity contribution is 5.84. The van der Waals surface area contributed by atoms with Gasteiger partial charge in [0.2, 0.25) is 5.91 Å². The van der Waals surface area contributed by atoms with Crippen LogP contribution in [0.1, 0.15) is 44.6 Å². The minimum absolute atomic E-state index is 0.0688. The molecule has 1 N–H and O–H groups in total. The van der Waals surface area contributed by atoms with E-state index in [1.807, 2.05) is 37.3 Å². The van der Waals surface area contributed by atoms with Crippen molar-refractivity contribution in [1.29, 1.82) is 0 Å². The molecule has 4 nitrogen and oxygen atoms in total. The molecule has 1 aliphatic carbocycles. The van der Waals surface area contributed by atoms with Gasteiger partial charge in [-0.25, -0.2) is 0 Å². The molecule has 4 heteroatoms. The van der Waals surface area contributed by atoms with Crippen LogP contribution in [0, 0.1) is 5.92 Å². The lowest BCUT2D eigenvalue weighted by Gasteiger charge is -2.28. The topological polar surface area (TPSA) is 57.6 Å². The number of carbonyl (C=O) groups is 2. The van der Waals surface area contributed by atoms with Crippen molar-refractivity contribution in [2.75, 3.05) is 6.54 Å². The average molecular weight is 289 g/mol. The maximum atomic E-state index is 12.8. The second kappa shape index (κ2) is 6.74. The Kier molecular flexibility index (Phi) is 4.99. The van der Waals surface area contributed by atoms with Gasteiger partial charge in [0.05, 0.1) is 11.8 Å². The molecule has 1 aromatic carbocycles. The first-order chi connectivity index (χ1) is 10.0. The Bertz CT molecular complexity index is 496. The van der Waals surface area contributed by atoms with E-state index in [1.165, 1.54) is 0 Å². The van der Waals surface area contributed by atoms with E-state index in [1.54, 1.807) is 11.8 Å². The van der Waals surface area contributed by atoms with Crippen molar-refractivity contribution in [1.82, 2.24) is 4.90 Å². The van der Waals surface area contributed by atoms with Gasteiger partial charge in [0.1, 0.15) is 0 Å². The van der Waals surface area contributed by atoms with Crippen molar-refractivity contribution in [2.24, 2.45) is 5.92 Å². The van der Waals surface area contributed by atoms with E-state index in [9.17, 15) is 9.59 Å². The molecule has 0 saturated heterocycles. The molecule has 1 amide bonds. The van der Waals surface area contributed by atoms with Crippen LogP contribution >= 0.6 is 0 Å². The molecule has 1 aromatic rings. The lowest BCUT2D eigenvalue weighted by atomic mass is 9.94. The Morgan fingerprint density at radius 2 is 1.90 bits per heavy atom. The minimum Gasteiger partial charge on any atom is -0.481 e. The van der Waals surface area contributed by atoms with Crippen LogP contribution in [0.25, 0.3) is 0 Å². The average Bonchev–Trinajstić information content (AvgIpc) is 3.30. The second-order valence-electron chi connectivity index (χ2n) is 5.83. The summed E-state index contributed by atoms with van der Waals surface area (Å²) in [5.41, 5.74) is 1.01. The first kappa shape index (κ1) is 15.5. The second-order valence-corrected chi connectivity index (χ2v) is 5.83. The summed E-state index contributed by atoms with van der Waals surface area (Å²) in [6.45, 7) is 3.97. The number of aliphatic carboxylic acids is 1. The number of nitrogens with zero attached hydrogens (tertiary/aromatic N) is 1. The highest BCUT2D eigenvalue weighted by Crippen LogP contribution is 2.32. The standard InChI is InChI=1S/C17H23NO3/c1-3-15(13-7-5-4-6-8-13)16(19)18(14-9-10-14)11-12(2)17(20)21/h4-8,12,14-15H,3,9-11H2,1-2H3,(H,20,21). The number of carboxylic acids is 1. The largest absolute Gasteiger partial charge is 0.481 e. The van der Waals surface area contributed by atoms with Gasteiger partial charge in [0.15, 0.2) is 0 Å². The molecular weight excluding hydrogens is 266 g/mol. The molecule has 1 saturated carbocycles. The van der Waals surface area contributed by atoms with E-state index in [-0.39, 0.29) is 17.9 Å². The zero-order chi connectivity index (χ0) is 15.4. The van der Waals surface area contributed by atoms with Gasteiger partial charge in [0, 0.05) is 12.6 Å². The van der Waals surface area contributed by atoms with Crippen molar-refractivity contribution >= 4 is 11.9 Å². The maximum absolute atomic E-state index is 12.8. The summed E-state index contributed by atoms with van der Waals surface area (Å²) in [4.78, 5) is 25.7. The highest BCUT2D eigenvalue weighted by Gasteiger charge is 2.37. The maximum Gasteiger partial charge on any atom is 0.308 e. The molecule has 0 aromatic heterocycles. The highest BCUT2D eigenvalue weighted by atomic mass is 16.4. The Morgan fingerprint density at radius 1 is 1.29 bits per heavy atom. The lowest BCUT2D eigenvalue weighted by molar-refractivity contribution is -0.143. The van der Waals surface area contributed by atoms with Crippen molar-refractivity contribution in [2.45, 2.75) is 45.1 Å². The summed E-state index contributed by atoms with van der Waals surface area (Å²) in [5.74, 6) is -1.48. The van der Waals surface area contributed by atoms with Crippen molar-refractivity contribution in [3.8, 4) is 0 Å². The van der Waals surface area contributed by atoms with Gasteiger partial charge >= 0.3 is 5.97 Å². The van der Waals surface area contributed by atoms with Crippen LogP contribution < -0.4 is 0 Å². The van der Waals surface area contributed by atoms with Crippen LogP contribution in [0.3, 0.4) is 0 Å². The minimum atomic E-state index is -0.846. The summed E-state index contributed by atoms with van der Waals surface area (Å²) in [5, 5.41) is 9.09. The summed E-state index contributed by atoms with van der Waals surface area (Å²) < 4.78 is 0. The van der Waals surface area contributed by atoms with E-state index in [4.69, 9.17) is 5.11 Å². The van der Waals surface area contributed by atoms with Gasteiger partial charge in [-0.05, 0) is 24.8 Å². The zero-order valence-corrected chi connectivity index (χ0v) is 12.7. The summed E-state index contributed by atoms with van der Waals surface area (Å²) in [6, 6.07) is 9.98. The van der Waals surface area contributed by atoms with Gasteiger partial charge in [-0.15, -0.1) is 0 Å². The molecule has 2 atom stereocenters. The molecule has 0 spiro atoms. The Hall–Kier alpha value is -1.84. The quantitative estimate of drug-likeness (QED) is 0.839. The van der Waals surface area contributed by atoms with Gasteiger partial charge < -0.3 is 10.0 Å². The first-order valence-corrected chi connectivity index (χ1v) is 7.62. The van der Waals surface area contributed by atoms with E-state index in [0.29, 0.717) is 6.54 Å². The van der Waals surface area contributed by atoms with Crippen molar-refractivity contribution in [3.05, 3.63) is 35.9 Å². The first-order valence-electron chi connectivity index (χ1n) is 7.62.